The van der Waals surface area contributed by atoms with E-state index >= 15 is 0 Å². The van der Waals surface area contributed by atoms with Crippen LogP contribution in [0, 0.1) is 0 Å². The van der Waals surface area contributed by atoms with Gasteiger partial charge in [-0.1, -0.05) is 12.1 Å². The third-order valence-electron chi connectivity index (χ3n) is 4.43. The van der Waals surface area contributed by atoms with Gasteiger partial charge in [0.05, 0.1) is 11.6 Å². The van der Waals surface area contributed by atoms with Crippen molar-refractivity contribution in [3.63, 3.8) is 0 Å². The number of hydrogen-bond acceptors (Lipinski definition) is 3. The number of nitrogens with zero attached hydrogens (tertiary/aromatic N) is 1. The average molecular weight is 273 g/mol. The maximum absolute atomic E-state index is 12.0. The van der Waals surface area contributed by atoms with E-state index in [9.17, 15) is 4.79 Å². The fraction of sp³-hybridized carbons (Fsp3) is 0.562. The zero-order valence-electron chi connectivity index (χ0n) is 12.1. The number of carbonyl (C=O) groups is 1. The van der Waals surface area contributed by atoms with E-state index in [-0.39, 0.29) is 11.9 Å². The summed E-state index contributed by atoms with van der Waals surface area (Å²) in [4.78, 5) is 14.4. The summed E-state index contributed by atoms with van der Waals surface area (Å²) in [5.74, 6) is -0.0171. The second-order valence-corrected chi connectivity index (χ2v) is 6.14. The van der Waals surface area contributed by atoms with E-state index in [1.165, 1.54) is 18.5 Å². The Hall–Kier alpha value is -1.55. The quantitative estimate of drug-likeness (QED) is 0.881. The Morgan fingerprint density at radius 2 is 2.05 bits per heavy atom. The number of nitrogens with two attached hydrogens (primary N) is 1. The molecule has 2 fully saturated rings. The van der Waals surface area contributed by atoms with Crippen LogP contribution in [0.15, 0.2) is 24.3 Å². The van der Waals surface area contributed by atoms with Gasteiger partial charge >= 0.3 is 0 Å². The van der Waals surface area contributed by atoms with Crippen LogP contribution in [0.2, 0.25) is 0 Å². The van der Waals surface area contributed by atoms with Crippen LogP contribution in [0.25, 0.3) is 0 Å². The number of anilines is 1. The molecule has 1 amide bonds. The first-order valence-corrected chi connectivity index (χ1v) is 7.53. The number of rotatable bonds is 4. The maximum Gasteiger partial charge on any atom is 0.240 e. The van der Waals surface area contributed by atoms with Gasteiger partial charge in [0.1, 0.15) is 0 Å². The molecule has 20 heavy (non-hydrogen) atoms. The van der Waals surface area contributed by atoms with E-state index in [4.69, 9.17) is 5.73 Å². The number of amides is 1. The van der Waals surface area contributed by atoms with Gasteiger partial charge in [0.25, 0.3) is 0 Å². The lowest BCUT2D eigenvalue weighted by atomic mass is 10.1. The van der Waals surface area contributed by atoms with Gasteiger partial charge in [0.15, 0.2) is 0 Å². The summed E-state index contributed by atoms with van der Waals surface area (Å²) in [7, 11) is 0. The molecule has 0 bridgehead atoms. The summed E-state index contributed by atoms with van der Waals surface area (Å²) < 4.78 is 0. The highest BCUT2D eigenvalue weighted by Crippen LogP contribution is 2.33. The molecule has 1 saturated carbocycles. The molecule has 1 aromatic rings. The molecule has 108 valence electrons. The van der Waals surface area contributed by atoms with Gasteiger partial charge in [-0.25, -0.2) is 0 Å². The molecule has 1 aliphatic carbocycles. The summed E-state index contributed by atoms with van der Waals surface area (Å²) >= 11 is 0. The van der Waals surface area contributed by atoms with Crippen LogP contribution >= 0.6 is 0 Å². The van der Waals surface area contributed by atoms with Crippen molar-refractivity contribution in [1.82, 2.24) is 5.32 Å². The van der Waals surface area contributed by atoms with Crippen LogP contribution in [0.3, 0.4) is 0 Å². The summed E-state index contributed by atoms with van der Waals surface area (Å²) in [5, 5.41) is 3.03. The zero-order valence-corrected chi connectivity index (χ0v) is 12.1. The molecule has 4 heteroatoms. The monoisotopic (exact) mass is 273 g/mol. The number of hydrogen-bond donors (Lipinski definition) is 2. The van der Waals surface area contributed by atoms with Gasteiger partial charge in [0, 0.05) is 18.8 Å². The van der Waals surface area contributed by atoms with Crippen molar-refractivity contribution in [3.8, 4) is 0 Å². The van der Waals surface area contributed by atoms with Crippen molar-refractivity contribution in [1.29, 1.82) is 0 Å². The zero-order chi connectivity index (χ0) is 14.2. The van der Waals surface area contributed by atoms with Crippen LogP contribution in [0.1, 0.15) is 44.2 Å². The fourth-order valence-electron chi connectivity index (χ4n) is 2.75. The van der Waals surface area contributed by atoms with E-state index in [1.54, 1.807) is 0 Å². The van der Waals surface area contributed by atoms with Crippen molar-refractivity contribution in [3.05, 3.63) is 29.8 Å². The highest BCUT2D eigenvalue weighted by atomic mass is 16.2. The van der Waals surface area contributed by atoms with E-state index in [0.717, 1.165) is 31.5 Å². The lowest BCUT2D eigenvalue weighted by Gasteiger charge is -2.21. The highest BCUT2D eigenvalue weighted by molar-refractivity contribution is 5.89. The Balaban J connectivity index is 1.69. The Morgan fingerprint density at radius 3 is 2.70 bits per heavy atom. The van der Waals surface area contributed by atoms with Crippen molar-refractivity contribution in [2.24, 2.45) is 5.73 Å². The van der Waals surface area contributed by atoms with Gasteiger partial charge in [0.2, 0.25) is 5.91 Å². The molecule has 1 unspecified atom stereocenters. The lowest BCUT2D eigenvalue weighted by Crippen LogP contribution is -2.43. The van der Waals surface area contributed by atoms with E-state index in [1.807, 2.05) is 6.92 Å². The predicted molar refractivity (Wildman–Crippen MR) is 80.6 cm³/mol. The Kier molecular flexibility index (Phi) is 3.42. The molecule has 1 aliphatic heterocycles. The third kappa shape index (κ3) is 2.66. The van der Waals surface area contributed by atoms with Gasteiger partial charge in [-0.05, 0) is 50.3 Å². The van der Waals surface area contributed by atoms with Crippen molar-refractivity contribution in [2.75, 3.05) is 18.0 Å². The van der Waals surface area contributed by atoms with Crippen LogP contribution in [-0.4, -0.2) is 24.5 Å². The van der Waals surface area contributed by atoms with E-state index < -0.39 is 5.54 Å². The maximum atomic E-state index is 12.0. The summed E-state index contributed by atoms with van der Waals surface area (Å²) in [6.45, 7) is 4.29. The van der Waals surface area contributed by atoms with Gasteiger partial charge in [-0.2, -0.15) is 0 Å². The van der Waals surface area contributed by atoms with E-state index in [2.05, 4.69) is 34.5 Å². The minimum atomic E-state index is -0.596. The Bertz CT molecular complexity index is 504. The molecule has 1 saturated heterocycles. The number of carbonyl (C=O) groups excluding carboxylic acids is 1. The molecule has 0 aromatic heterocycles. The molecule has 4 nitrogen and oxygen atoms in total. The first-order chi connectivity index (χ1) is 9.58. The van der Waals surface area contributed by atoms with Gasteiger partial charge < -0.3 is 16.0 Å². The van der Waals surface area contributed by atoms with Crippen LogP contribution in [-0.2, 0) is 4.79 Å². The van der Waals surface area contributed by atoms with Crippen molar-refractivity contribution in [2.45, 2.75) is 44.2 Å². The molecule has 1 aromatic carbocycles. The molecule has 1 heterocycles. The first kappa shape index (κ1) is 13.4. The second kappa shape index (κ2) is 5.09. The van der Waals surface area contributed by atoms with E-state index in [0.29, 0.717) is 0 Å². The van der Waals surface area contributed by atoms with Crippen LogP contribution in [0.5, 0.6) is 0 Å². The first-order valence-electron chi connectivity index (χ1n) is 7.53. The smallest absolute Gasteiger partial charge is 0.240 e. The predicted octanol–water partition coefficient (Wildman–Crippen LogP) is 1.96. The Morgan fingerprint density at radius 1 is 1.35 bits per heavy atom. The highest BCUT2D eigenvalue weighted by Gasteiger charge is 2.46. The lowest BCUT2D eigenvalue weighted by molar-refractivity contribution is -0.123. The second-order valence-electron chi connectivity index (χ2n) is 6.14. The summed E-state index contributed by atoms with van der Waals surface area (Å²) in [6, 6.07) is 8.48. The SMILES string of the molecule is CC(NC(=O)C1(N)CC1)c1cccc(N2CCCC2)c1. The minimum Gasteiger partial charge on any atom is -0.372 e. The van der Waals surface area contributed by atoms with Crippen LogP contribution < -0.4 is 16.0 Å². The molecule has 3 rings (SSSR count). The third-order valence-corrected chi connectivity index (χ3v) is 4.43. The minimum absolute atomic E-state index is 0.00563. The summed E-state index contributed by atoms with van der Waals surface area (Å²) in [6.07, 6.45) is 4.15. The number of benzene rings is 1. The van der Waals surface area contributed by atoms with Gasteiger partial charge in [-0.3, -0.25) is 4.79 Å². The molecule has 0 radical (unpaired) electrons. The molecule has 2 aliphatic rings. The molecule has 1 atom stereocenters. The average Bonchev–Trinajstić information content (AvgIpc) is 3.00. The molecule has 3 N–H and O–H groups in total. The van der Waals surface area contributed by atoms with Crippen molar-refractivity contribution >= 4 is 11.6 Å². The Labute approximate surface area is 120 Å². The van der Waals surface area contributed by atoms with Crippen molar-refractivity contribution < 1.29 is 4.79 Å². The van der Waals surface area contributed by atoms with Crippen LogP contribution in [0.4, 0.5) is 5.69 Å². The standard InChI is InChI=1S/C16H23N3O/c1-12(18-15(20)16(17)7-8-16)13-5-4-6-14(11-13)19-9-2-3-10-19/h4-6,11-12H,2-3,7-10,17H2,1H3,(H,18,20). The molecule has 0 spiro atoms. The topological polar surface area (TPSA) is 58.4 Å². The normalized spacial score (nSPS) is 21.6. The molecular weight excluding hydrogens is 250 g/mol. The largest absolute Gasteiger partial charge is 0.372 e. The van der Waals surface area contributed by atoms with Gasteiger partial charge in [-0.15, -0.1) is 0 Å². The summed E-state index contributed by atoms with van der Waals surface area (Å²) in [5.41, 5.74) is 7.73. The number of nitrogens with one attached hydrogen (secondary N) is 1. The molecular formula is C16H23N3O. The fourth-order valence-corrected chi connectivity index (χ4v) is 2.75.